The third-order valence-corrected chi connectivity index (χ3v) is 5.08. The van der Waals surface area contributed by atoms with Crippen molar-refractivity contribution in [1.82, 2.24) is 20.2 Å². The van der Waals surface area contributed by atoms with Crippen LogP contribution in [0.5, 0.6) is 0 Å². The zero-order valence-electron chi connectivity index (χ0n) is 12.3. The molecule has 0 bridgehead atoms. The Kier molecular flexibility index (Phi) is 5.05. The Morgan fingerprint density at radius 2 is 2.18 bits per heavy atom. The lowest BCUT2D eigenvalue weighted by Crippen LogP contribution is -2.15. The molecule has 2 aromatic rings. The van der Waals surface area contributed by atoms with E-state index in [1.165, 1.54) is 38.4 Å². The second-order valence-corrected chi connectivity index (χ2v) is 6.47. The number of hydrogen-bond acceptors (Lipinski definition) is 5. The van der Waals surface area contributed by atoms with Crippen molar-refractivity contribution in [3.8, 4) is 0 Å². The Labute approximate surface area is 133 Å². The highest BCUT2D eigenvalue weighted by Crippen LogP contribution is 2.30. The van der Waals surface area contributed by atoms with Gasteiger partial charge in [-0.1, -0.05) is 19.3 Å². The molecule has 7 heteroatoms. The first-order valence-corrected chi connectivity index (χ1v) is 8.56. The van der Waals surface area contributed by atoms with E-state index in [-0.39, 0.29) is 5.91 Å². The van der Waals surface area contributed by atoms with E-state index in [4.69, 9.17) is 0 Å². The largest absolute Gasteiger partial charge is 0.291 e. The number of thioether (sulfide) groups is 1. The second-order valence-electron chi connectivity index (χ2n) is 5.46. The fourth-order valence-electron chi connectivity index (χ4n) is 2.67. The first kappa shape index (κ1) is 15.0. The van der Waals surface area contributed by atoms with Crippen molar-refractivity contribution in [3.05, 3.63) is 30.2 Å². The Balaban J connectivity index is 1.65. The number of anilines is 1. The number of rotatable bonds is 5. The lowest BCUT2D eigenvalue weighted by atomic mass is 9.91. The molecule has 2 N–H and O–H groups in total. The van der Waals surface area contributed by atoms with Crippen molar-refractivity contribution >= 4 is 23.6 Å². The molecule has 116 valence electrons. The topological polar surface area (TPSA) is 83.6 Å². The third-order valence-electron chi connectivity index (χ3n) is 3.84. The molecule has 0 unspecified atom stereocenters. The van der Waals surface area contributed by atoms with Crippen molar-refractivity contribution in [2.75, 3.05) is 11.1 Å². The predicted molar refractivity (Wildman–Crippen MR) is 85.9 cm³/mol. The highest BCUT2D eigenvalue weighted by Gasteiger charge is 2.17. The summed E-state index contributed by atoms with van der Waals surface area (Å²) in [6.45, 7) is 0. The number of amides is 1. The first-order valence-electron chi connectivity index (χ1n) is 7.57. The molecule has 6 nitrogen and oxygen atoms in total. The predicted octanol–water partition coefficient (Wildman–Crippen LogP) is 3.12. The van der Waals surface area contributed by atoms with Gasteiger partial charge in [-0.2, -0.15) is 10.1 Å². The number of aromatic amines is 1. The molecule has 2 aromatic heterocycles. The molecule has 0 aliphatic heterocycles. The number of nitrogens with one attached hydrogen (secondary N) is 2. The summed E-state index contributed by atoms with van der Waals surface area (Å²) in [5, 5.41) is 9.82. The van der Waals surface area contributed by atoms with Gasteiger partial charge in [0, 0.05) is 11.9 Å². The molecule has 22 heavy (non-hydrogen) atoms. The molecule has 2 heterocycles. The summed E-state index contributed by atoms with van der Waals surface area (Å²) in [7, 11) is 0. The highest BCUT2D eigenvalue weighted by atomic mass is 32.2. The van der Waals surface area contributed by atoms with E-state index in [1.807, 2.05) is 0 Å². The molecule has 0 radical (unpaired) electrons. The van der Waals surface area contributed by atoms with Crippen LogP contribution in [0.1, 0.15) is 42.5 Å². The van der Waals surface area contributed by atoms with Crippen LogP contribution in [0.25, 0.3) is 0 Å². The molecule has 0 spiro atoms. The van der Waals surface area contributed by atoms with E-state index in [1.54, 1.807) is 30.1 Å². The van der Waals surface area contributed by atoms with E-state index in [9.17, 15) is 4.79 Å². The zero-order chi connectivity index (χ0) is 15.2. The van der Waals surface area contributed by atoms with Crippen LogP contribution in [-0.4, -0.2) is 31.8 Å². The Bertz CT molecular complexity index is 610. The Morgan fingerprint density at radius 3 is 2.95 bits per heavy atom. The lowest BCUT2D eigenvalue weighted by Gasteiger charge is -2.21. The summed E-state index contributed by atoms with van der Waals surface area (Å²) in [4.78, 5) is 20.6. The van der Waals surface area contributed by atoms with Crippen LogP contribution in [-0.2, 0) is 0 Å². The van der Waals surface area contributed by atoms with Crippen molar-refractivity contribution in [3.63, 3.8) is 0 Å². The summed E-state index contributed by atoms with van der Waals surface area (Å²) in [6.07, 6.45) is 9.68. The van der Waals surface area contributed by atoms with Crippen molar-refractivity contribution in [2.45, 2.75) is 37.1 Å². The first-order chi connectivity index (χ1) is 10.8. The molecule has 1 fully saturated rings. The van der Waals surface area contributed by atoms with Crippen molar-refractivity contribution in [1.29, 1.82) is 0 Å². The number of pyridine rings is 1. The van der Waals surface area contributed by atoms with Gasteiger partial charge in [0.2, 0.25) is 5.95 Å². The van der Waals surface area contributed by atoms with Crippen LogP contribution in [0.4, 0.5) is 5.95 Å². The average Bonchev–Trinajstić information content (AvgIpc) is 3.07. The number of H-pyrrole nitrogens is 1. The lowest BCUT2D eigenvalue weighted by molar-refractivity contribution is 0.102. The van der Waals surface area contributed by atoms with Gasteiger partial charge >= 0.3 is 0 Å². The van der Waals surface area contributed by atoms with E-state index < -0.39 is 0 Å². The van der Waals surface area contributed by atoms with Gasteiger partial charge in [0.1, 0.15) is 11.4 Å². The Morgan fingerprint density at radius 1 is 1.32 bits per heavy atom. The maximum atomic E-state index is 12.3. The molecule has 1 amide bonds. The third kappa shape index (κ3) is 3.85. The molecule has 0 aromatic carbocycles. The average molecular weight is 317 g/mol. The van der Waals surface area contributed by atoms with Gasteiger partial charge in [0.05, 0.1) is 5.56 Å². The summed E-state index contributed by atoms with van der Waals surface area (Å²) >= 11 is 1.68. The van der Waals surface area contributed by atoms with Crippen molar-refractivity contribution < 1.29 is 4.79 Å². The van der Waals surface area contributed by atoms with Crippen LogP contribution in [0, 0.1) is 5.92 Å². The molecule has 1 aliphatic rings. The zero-order valence-corrected chi connectivity index (χ0v) is 13.1. The van der Waals surface area contributed by atoms with E-state index >= 15 is 0 Å². The fraction of sp³-hybridized carbons (Fsp3) is 0.467. The van der Waals surface area contributed by atoms with Gasteiger partial charge in [-0.3, -0.25) is 10.1 Å². The minimum absolute atomic E-state index is 0.212. The highest BCUT2D eigenvalue weighted by molar-refractivity contribution is 7.99. The summed E-state index contributed by atoms with van der Waals surface area (Å²) in [6, 6.07) is 3.57. The van der Waals surface area contributed by atoms with Crippen molar-refractivity contribution in [2.24, 2.45) is 5.92 Å². The normalized spacial score (nSPS) is 15.6. The maximum absolute atomic E-state index is 12.3. The van der Waals surface area contributed by atoms with Crippen LogP contribution >= 0.6 is 11.8 Å². The van der Waals surface area contributed by atoms with E-state index in [2.05, 4.69) is 25.5 Å². The standard InChI is InChI=1S/C15H19N5OS/c21-13(19-15-17-10-18-20-15)12-7-4-8-16-14(12)22-9-11-5-2-1-3-6-11/h4,7-8,10-11H,1-3,5-6,9H2,(H2,17,18,19,20,21). The monoisotopic (exact) mass is 317 g/mol. The molecular weight excluding hydrogens is 298 g/mol. The minimum Gasteiger partial charge on any atom is -0.291 e. The Hall–Kier alpha value is -1.89. The van der Waals surface area contributed by atoms with E-state index in [0.717, 1.165) is 16.7 Å². The molecule has 0 saturated heterocycles. The summed E-state index contributed by atoms with van der Waals surface area (Å²) in [5.74, 6) is 1.90. The molecule has 0 atom stereocenters. The summed E-state index contributed by atoms with van der Waals surface area (Å²) < 4.78 is 0. The number of carbonyl (C=O) groups excluding carboxylic acids is 1. The maximum Gasteiger partial charge on any atom is 0.260 e. The summed E-state index contributed by atoms with van der Waals surface area (Å²) in [5.41, 5.74) is 0.583. The number of aromatic nitrogens is 4. The molecule has 1 aliphatic carbocycles. The second kappa shape index (κ2) is 7.40. The van der Waals surface area contributed by atoms with Gasteiger partial charge in [0.15, 0.2) is 0 Å². The molecule has 1 saturated carbocycles. The van der Waals surface area contributed by atoms with Gasteiger partial charge in [-0.25, -0.2) is 10.1 Å². The smallest absolute Gasteiger partial charge is 0.260 e. The van der Waals surface area contributed by atoms with E-state index in [0.29, 0.717) is 11.5 Å². The fourth-order valence-corrected chi connectivity index (χ4v) is 3.85. The quantitative estimate of drug-likeness (QED) is 0.828. The van der Waals surface area contributed by atoms with Gasteiger partial charge in [-0.05, 0) is 30.9 Å². The number of carbonyl (C=O) groups is 1. The van der Waals surface area contributed by atoms with Crippen LogP contribution in [0.2, 0.25) is 0 Å². The van der Waals surface area contributed by atoms with Gasteiger partial charge < -0.3 is 0 Å². The number of nitrogens with zero attached hydrogens (tertiary/aromatic N) is 3. The number of hydrogen-bond donors (Lipinski definition) is 2. The van der Waals surface area contributed by atoms with Gasteiger partial charge in [0.25, 0.3) is 5.91 Å². The van der Waals surface area contributed by atoms with Gasteiger partial charge in [-0.15, -0.1) is 11.8 Å². The van der Waals surface area contributed by atoms with Crippen LogP contribution < -0.4 is 5.32 Å². The van der Waals surface area contributed by atoms with Crippen LogP contribution in [0.15, 0.2) is 29.7 Å². The minimum atomic E-state index is -0.212. The SMILES string of the molecule is O=C(Nc1ncn[nH]1)c1cccnc1SCC1CCCCC1. The molecule has 3 rings (SSSR count). The molecular formula is C15H19N5OS. The van der Waals surface area contributed by atoms with Crippen LogP contribution in [0.3, 0.4) is 0 Å².